The van der Waals surface area contributed by atoms with Gasteiger partial charge in [0.15, 0.2) is 12.6 Å². The van der Waals surface area contributed by atoms with Crippen molar-refractivity contribution in [1.29, 1.82) is 0 Å². The van der Waals surface area contributed by atoms with E-state index in [1.165, 1.54) is 0 Å². The van der Waals surface area contributed by atoms with Crippen molar-refractivity contribution in [3.8, 4) is 0 Å². The highest BCUT2D eigenvalue weighted by Crippen LogP contribution is 2.24. The summed E-state index contributed by atoms with van der Waals surface area (Å²) in [5.41, 5.74) is 0. The normalized spacial score (nSPS) is 51.7. The van der Waals surface area contributed by atoms with Crippen molar-refractivity contribution < 1.29 is 55.1 Å². The van der Waals surface area contributed by atoms with Gasteiger partial charge in [0, 0.05) is 0 Å². The third-order valence-electron chi connectivity index (χ3n) is 3.96. The molecular weight excluding hydrogens is 320 g/mol. The zero-order chi connectivity index (χ0) is 17.3. The van der Waals surface area contributed by atoms with Crippen molar-refractivity contribution in [2.75, 3.05) is 13.2 Å². The molecule has 0 radical (unpaired) electrons. The summed E-state index contributed by atoms with van der Waals surface area (Å²) < 4.78 is 15.1. The van der Waals surface area contributed by atoms with Gasteiger partial charge in [0.05, 0.1) is 13.2 Å². The molecule has 0 saturated carbocycles. The molecule has 2 rings (SSSR count). The summed E-state index contributed by atoms with van der Waals surface area (Å²) in [6, 6.07) is 0. The molecule has 2 fully saturated rings. The van der Waals surface area contributed by atoms with Gasteiger partial charge in [0.2, 0.25) is 0 Å². The molecule has 10 atom stereocenters. The standard InChI is InChI=1S/C12H22O11/c13-1-3-5(14)8(17)10(19)12(23-3)21-2-4-6(15)7(16)9(18)11(20)22-4/h3-20H,1-2H2/t3-,4-,5-,6+,7+,8+,9+,10+,11+,12+/m1/s1. The molecule has 11 heteroatoms. The van der Waals surface area contributed by atoms with Crippen LogP contribution in [0.25, 0.3) is 0 Å². The van der Waals surface area contributed by atoms with Crippen LogP contribution in [0, 0.1) is 0 Å². The summed E-state index contributed by atoms with van der Waals surface area (Å²) in [4.78, 5) is 0. The van der Waals surface area contributed by atoms with Gasteiger partial charge in [-0.3, -0.25) is 0 Å². The lowest BCUT2D eigenvalue weighted by atomic mass is 9.98. The highest BCUT2D eigenvalue weighted by Gasteiger charge is 2.46. The first-order chi connectivity index (χ1) is 10.8. The minimum absolute atomic E-state index is 0.468. The maximum atomic E-state index is 9.78. The molecule has 0 spiro atoms. The van der Waals surface area contributed by atoms with Crippen LogP contribution in [0.2, 0.25) is 0 Å². The molecule has 0 amide bonds. The van der Waals surface area contributed by atoms with Crippen LogP contribution >= 0.6 is 0 Å². The van der Waals surface area contributed by atoms with Gasteiger partial charge in [-0.15, -0.1) is 0 Å². The Labute approximate surface area is 130 Å². The van der Waals surface area contributed by atoms with Gasteiger partial charge in [-0.1, -0.05) is 0 Å². The van der Waals surface area contributed by atoms with Crippen LogP contribution in [0.15, 0.2) is 0 Å². The molecule has 0 aliphatic carbocycles. The summed E-state index contributed by atoms with van der Waals surface area (Å²) >= 11 is 0. The van der Waals surface area contributed by atoms with Crippen LogP contribution in [0.5, 0.6) is 0 Å². The number of hydrogen-bond donors (Lipinski definition) is 8. The second kappa shape index (κ2) is 7.63. The average molecular weight is 342 g/mol. The van der Waals surface area contributed by atoms with Crippen LogP contribution in [0.1, 0.15) is 0 Å². The predicted octanol–water partition coefficient (Wildman–Crippen LogP) is -5.40. The van der Waals surface area contributed by atoms with Crippen molar-refractivity contribution in [2.24, 2.45) is 0 Å². The Morgan fingerprint density at radius 3 is 1.83 bits per heavy atom. The van der Waals surface area contributed by atoms with E-state index in [4.69, 9.17) is 19.3 Å². The maximum absolute atomic E-state index is 9.78. The maximum Gasteiger partial charge on any atom is 0.186 e. The van der Waals surface area contributed by atoms with Gasteiger partial charge < -0.3 is 55.1 Å². The second-order valence-electron chi connectivity index (χ2n) is 5.57. The lowest BCUT2D eigenvalue weighted by Crippen LogP contribution is -2.61. The van der Waals surface area contributed by atoms with Crippen molar-refractivity contribution in [3.05, 3.63) is 0 Å². The molecule has 23 heavy (non-hydrogen) atoms. The second-order valence-corrected chi connectivity index (χ2v) is 5.57. The van der Waals surface area contributed by atoms with Crippen molar-refractivity contribution in [3.63, 3.8) is 0 Å². The fourth-order valence-corrected chi connectivity index (χ4v) is 2.46. The van der Waals surface area contributed by atoms with Crippen molar-refractivity contribution in [1.82, 2.24) is 0 Å². The van der Waals surface area contributed by atoms with Gasteiger partial charge in [-0.05, 0) is 0 Å². The topological polar surface area (TPSA) is 190 Å². The molecule has 2 aliphatic heterocycles. The highest BCUT2D eigenvalue weighted by atomic mass is 16.7. The van der Waals surface area contributed by atoms with Gasteiger partial charge in [-0.25, -0.2) is 0 Å². The number of ether oxygens (including phenoxy) is 3. The number of rotatable bonds is 4. The first kappa shape index (κ1) is 18.9. The summed E-state index contributed by atoms with van der Waals surface area (Å²) in [7, 11) is 0. The van der Waals surface area contributed by atoms with Crippen LogP contribution in [-0.4, -0.2) is 115 Å². The van der Waals surface area contributed by atoms with Crippen molar-refractivity contribution in [2.45, 2.75) is 61.4 Å². The van der Waals surface area contributed by atoms with E-state index in [0.717, 1.165) is 0 Å². The monoisotopic (exact) mass is 342 g/mol. The summed E-state index contributed by atoms with van der Waals surface area (Å²) in [6.07, 6.45) is -15.3. The van der Waals surface area contributed by atoms with Crippen LogP contribution in [-0.2, 0) is 14.2 Å². The molecule has 0 aromatic carbocycles. The fraction of sp³-hybridized carbons (Fsp3) is 1.00. The van der Waals surface area contributed by atoms with Crippen LogP contribution in [0.3, 0.4) is 0 Å². The van der Waals surface area contributed by atoms with E-state index in [2.05, 4.69) is 0 Å². The molecule has 0 unspecified atom stereocenters. The Kier molecular flexibility index (Phi) is 6.27. The number of hydrogen-bond acceptors (Lipinski definition) is 11. The number of aliphatic hydroxyl groups excluding tert-OH is 8. The Hall–Kier alpha value is -0.440. The predicted molar refractivity (Wildman–Crippen MR) is 68.6 cm³/mol. The van der Waals surface area contributed by atoms with E-state index in [9.17, 15) is 35.7 Å². The lowest BCUT2D eigenvalue weighted by Gasteiger charge is -2.41. The van der Waals surface area contributed by atoms with E-state index >= 15 is 0 Å². The number of aliphatic hydroxyl groups is 8. The lowest BCUT2D eigenvalue weighted by molar-refractivity contribution is -0.325. The Balaban J connectivity index is 1.94. The molecule has 0 aromatic rings. The Morgan fingerprint density at radius 1 is 0.652 bits per heavy atom. The largest absolute Gasteiger partial charge is 0.394 e. The summed E-state index contributed by atoms with van der Waals surface area (Å²) in [5, 5.41) is 76.1. The minimum Gasteiger partial charge on any atom is -0.394 e. The van der Waals surface area contributed by atoms with Gasteiger partial charge in [0.1, 0.15) is 48.8 Å². The van der Waals surface area contributed by atoms with E-state index < -0.39 is 74.6 Å². The molecule has 0 aromatic heterocycles. The SMILES string of the molecule is OC[C@H]1O[C@H](OC[C@H]2O[C@H](O)[C@@H](O)[C@@H](O)[C@H]2O)[C@@H](O)[C@@H](O)[C@@H]1O. The molecule has 8 N–H and O–H groups in total. The van der Waals surface area contributed by atoms with Crippen LogP contribution < -0.4 is 0 Å². The quantitative estimate of drug-likeness (QED) is 0.243. The van der Waals surface area contributed by atoms with Gasteiger partial charge in [0.25, 0.3) is 0 Å². The molecule has 136 valence electrons. The first-order valence-electron chi connectivity index (χ1n) is 7.07. The van der Waals surface area contributed by atoms with Gasteiger partial charge in [-0.2, -0.15) is 0 Å². The fourth-order valence-electron chi connectivity index (χ4n) is 2.46. The average Bonchev–Trinajstić information content (AvgIpc) is 2.54. The summed E-state index contributed by atoms with van der Waals surface area (Å²) in [5.74, 6) is 0. The Morgan fingerprint density at radius 2 is 1.22 bits per heavy atom. The minimum atomic E-state index is -1.74. The molecular formula is C12H22O11. The first-order valence-corrected chi connectivity index (χ1v) is 7.07. The molecule has 2 aliphatic rings. The van der Waals surface area contributed by atoms with E-state index in [-0.39, 0.29) is 0 Å². The van der Waals surface area contributed by atoms with Crippen molar-refractivity contribution >= 4 is 0 Å². The third-order valence-corrected chi connectivity index (χ3v) is 3.96. The van der Waals surface area contributed by atoms with E-state index in [1.54, 1.807) is 0 Å². The molecule has 11 nitrogen and oxygen atoms in total. The molecule has 0 bridgehead atoms. The van der Waals surface area contributed by atoms with E-state index in [1.807, 2.05) is 0 Å². The third kappa shape index (κ3) is 3.81. The molecule has 2 heterocycles. The smallest absolute Gasteiger partial charge is 0.186 e. The highest BCUT2D eigenvalue weighted by molar-refractivity contribution is 4.91. The van der Waals surface area contributed by atoms with E-state index in [0.29, 0.717) is 0 Å². The zero-order valence-electron chi connectivity index (χ0n) is 12.0. The van der Waals surface area contributed by atoms with Gasteiger partial charge >= 0.3 is 0 Å². The summed E-state index contributed by atoms with van der Waals surface area (Å²) in [6.45, 7) is -1.10. The zero-order valence-corrected chi connectivity index (χ0v) is 12.0. The van der Waals surface area contributed by atoms with Crippen LogP contribution in [0.4, 0.5) is 0 Å². The Bertz CT molecular complexity index is 380. The molecule has 2 saturated heterocycles.